The van der Waals surface area contributed by atoms with Crippen molar-refractivity contribution in [2.45, 2.75) is 27.7 Å². The summed E-state index contributed by atoms with van der Waals surface area (Å²) in [5.74, 6) is -0.959. The highest BCUT2D eigenvalue weighted by Crippen LogP contribution is 2.41. The molecule has 0 amide bonds. The van der Waals surface area contributed by atoms with E-state index in [4.69, 9.17) is 10.8 Å². The lowest BCUT2D eigenvalue weighted by Gasteiger charge is -2.10. The molecule has 0 fully saturated rings. The minimum absolute atomic E-state index is 0.229. The molecule has 0 bridgehead atoms. The highest BCUT2D eigenvalue weighted by atomic mass is 32.1. The molecular formula is C15H17NO2S. The number of carboxylic acid groups (broad SMARTS) is 1. The molecule has 2 aromatic rings. The Morgan fingerprint density at radius 3 is 2.11 bits per heavy atom. The van der Waals surface area contributed by atoms with Gasteiger partial charge >= 0.3 is 5.97 Å². The standard InChI is InChI=1S/C15H17NO2S/c1-7-5-8(2)11(9(3)6-7)13-10(4)12(16)14(19-13)15(17)18/h5-6H,16H2,1-4H3,(H,17,18). The molecule has 3 N–H and O–H groups in total. The topological polar surface area (TPSA) is 63.3 Å². The Morgan fingerprint density at radius 2 is 1.68 bits per heavy atom. The van der Waals surface area contributed by atoms with Gasteiger partial charge < -0.3 is 10.8 Å². The van der Waals surface area contributed by atoms with Crippen LogP contribution in [0, 0.1) is 27.7 Å². The Bertz CT molecular complexity index is 648. The van der Waals surface area contributed by atoms with Crippen LogP contribution in [-0.2, 0) is 0 Å². The molecule has 4 heteroatoms. The van der Waals surface area contributed by atoms with Gasteiger partial charge in [0.2, 0.25) is 0 Å². The molecule has 0 spiro atoms. The van der Waals surface area contributed by atoms with Crippen molar-refractivity contribution in [2.24, 2.45) is 0 Å². The second kappa shape index (κ2) is 4.70. The van der Waals surface area contributed by atoms with Crippen molar-refractivity contribution in [1.29, 1.82) is 0 Å². The van der Waals surface area contributed by atoms with Crippen molar-refractivity contribution in [3.63, 3.8) is 0 Å². The van der Waals surface area contributed by atoms with Gasteiger partial charge in [-0.25, -0.2) is 4.79 Å². The van der Waals surface area contributed by atoms with Crippen LogP contribution < -0.4 is 5.73 Å². The molecule has 100 valence electrons. The molecule has 0 aliphatic heterocycles. The fourth-order valence-corrected chi connectivity index (χ4v) is 3.70. The Balaban J connectivity index is 2.73. The summed E-state index contributed by atoms with van der Waals surface area (Å²) in [6.07, 6.45) is 0. The number of rotatable bonds is 2. The molecule has 0 atom stereocenters. The summed E-state index contributed by atoms with van der Waals surface area (Å²) in [4.78, 5) is 12.4. The van der Waals surface area contributed by atoms with E-state index < -0.39 is 5.97 Å². The van der Waals surface area contributed by atoms with Crippen molar-refractivity contribution >= 4 is 23.0 Å². The number of anilines is 1. The van der Waals surface area contributed by atoms with Gasteiger partial charge in [-0.05, 0) is 49.9 Å². The number of carbonyl (C=O) groups is 1. The van der Waals surface area contributed by atoms with Crippen LogP contribution in [0.15, 0.2) is 12.1 Å². The van der Waals surface area contributed by atoms with Gasteiger partial charge in [0.25, 0.3) is 0 Å². The molecule has 0 saturated heterocycles. The Morgan fingerprint density at radius 1 is 1.16 bits per heavy atom. The lowest BCUT2D eigenvalue weighted by atomic mass is 9.97. The van der Waals surface area contributed by atoms with E-state index in [1.807, 2.05) is 20.8 Å². The van der Waals surface area contributed by atoms with Crippen LogP contribution in [0.2, 0.25) is 0 Å². The van der Waals surface area contributed by atoms with E-state index >= 15 is 0 Å². The Hall–Kier alpha value is -1.81. The number of hydrogen-bond donors (Lipinski definition) is 2. The van der Waals surface area contributed by atoms with Crippen LogP contribution in [0.1, 0.15) is 31.9 Å². The largest absolute Gasteiger partial charge is 0.477 e. The summed E-state index contributed by atoms with van der Waals surface area (Å²) in [6, 6.07) is 4.22. The van der Waals surface area contributed by atoms with Crippen molar-refractivity contribution in [1.82, 2.24) is 0 Å². The molecule has 0 unspecified atom stereocenters. The quantitative estimate of drug-likeness (QED) is 0.872. The molecule has 0 aliphatic carbocycles. The van der Waals surface area contributed by atoms with Crippen molar-refractivity contribution < 1.29 is 9.90 Å². The second-order valence-corrected chi connectivity index (χ2v) is 5.90. The first kappa shape index (κ1) is 13.6. The van der Waals surface area contributed by atoms with E-state index in [2.05, 4.69) is 19.1 Å². The minimum Gasteiger partial charge on any atom is -0.477 e. The first-order valence-electron chi connectivity index (χ1n) is 6.03. The van der Waals surface area contributed by atoms with E-state index in [1.165, 1.54) is 16.9 Å². The first-order chi connectivity index (χ1) is 8.82. The Kier molecular flexibility index (Phi) is 3.37. The number of aromatic carboxylic acids is 1. The van der Waals surface area contributed by atoms with Gasteiger partial charge in [0.1, 0.15) is 4.88 Å². The highest BCUT2D eigenvalue weighted by molar-refractivity contribution is 7.18. The van der Waals surface area contributed by atoms with Crippen LogP contribution in [0.25, 0.3) is 10.4 Å². The van der Waals surface area contributed by atoms with Crippen molar-refractivity contribution in [3.05, 3.63) is 39.3 Å². The third kappa shape index (κ3) is 2.24. The number of thiophene rings is 1. The van der Waals surface area contributed by atoms with Gasteiger partial charge in [-0.1, -0.05) is 17.7 Å². The number of nitrogens with two attached hydrogens (primary N) is 1. The zero-order valence-corrected chi connectivity index (χ0v) is 12.3. The zero-order chi connectivity index (χ0) is 14.3. The van der Waals surface area contributed by atoms with E-state index in [0.29, 0.717) is 5.69 Å². The Labute approximate surface area is 116 Å². The maximum absolute atomic E-state index is 11.2. The second-order valence-electron chi connectivity index (χ2n) is 4.88. The van der Waals surface area contributed by atoms with Gasteiger partial charge in [0, 0.05) is 4.88 Å². The minimum atomic E-state index is -0.959. The summed E-state index contributed by atoms with van der Waals surface area (Å²) >= 11 is 1.26. The average molecular weight is 275 g/mol. The van der Waals surface area contributed by atoms with Crippen molar-refractivity contribution in [2.75, 3.05) is 5.73 Å². The fourth-order valence-electron chi connectivity index (χ4n) is 2.46. The third-order valence-electron chi connectivity index (χ3n) is 3.29. The van der Waals surface area contributed by atoms with Gasteiger partial charge in [0.05, 0.1) is 5.69 Å². The molecule has 19 heavy (non-hydrogen) atoms. The van der Waals surface area contributed by atoms with E-state index in [0.717, 1.165) is 27.1 Å². The van der Waals surface area contributed by atoms with Crippen LogP contribution >= 0.6 is 11.3 Å². The lowest BCUT2D eigenvalue weighted by molar-refractivity contribution is 0.0703. The summed E-state index contributed by atoms with van der Waals surface area (Å²) in [6.45, 7) is 8.03. The van der Waals surface area contributed by atoms with Crippen molar-refractivity contribution in [3.8, 4) is 10.4 Å². The van der Waals surface area contributed by atoms with Crippen LogP contribution in [0.5, 0.6) is 0 Å². The molecule has 0 aliphatic rings. The normalized spacial score (nSPS) is 10.7. The van der Waals surface area contributed by atoms with Crippen LogP contribution in [0.3, 0.4) is 0 Å². The molecule has 3 nitrogen and oxygen atoms in total. The smallest absolute Gasteiger partial charge is 0.348 e. The number of carboxylic acids is 1. The molecule has 0 saturated carbocycles. The number of benzene rings is 1. The molecule has 2 rings (SSSR count). The number of hydrogen-bond acceptors (Lipinski definition) is 3. The lowest BCUT2D eigenvalue weighted by Crippen LogP contribution is -1.97. The van der Waals surface area contributed by atoms with Gasteiger partial charge in [-0.3, -0.25) is 0 Å². The number of nitrogen functional groups attached to an aromatic ring is 1. The molecule has 0 radical (unpaired) electrons. The fraction of sp³-hybridized carbons (Fsp3) is 0.267. The maximum Gasteiger partial charge on any atom is 0.348 e. The van der Waals surface area contributed by atoms with E-state index in [1.54, 1.807) is 0 Å². The molecule has 1 aromatic heterocycles. The zero-order valence-electron chi connectivity index (χ0n) is 11.5. The summed E-state index contributed by atoms with van der Waals surface area (Å²) in [5, 5.41) is 9.16. The van der Waals surface area contributed by atoms with E-state index in [-0.39, 0.29) is 4.88 Å². The maximum atomic E-state index is 11.2. The molecule has 1 heterocycles. The van der Waals surface area contributed by atoms with Gasteiger partial charge in [-0.2, -0.15) is 0 Å². The van der Waals surface area contributed by atoms with Crippen LogP contribution in [0.4, 0.5) is 5.69 Å². The van der Waals surface area contributed by atoms with E-state index in [9.17, 15) is 4.79 Å². The van der Waals surface area contributed by atoms with Gasteiger partial charge in [0.15, 0.2) is 0 Å². The predicted octanol–water partition coefficient (Wildman–Crippen LogP) is 3.93. The monoisotopic (exact) mass is 275 g/mol. The average Bonchev–Trinajstić information content (AvgIpc) is 2.56. The molecular weight excluding hydrogens is 258 g/mol. The highest BCUT2D eigenvalue weighted by Gasteiger charge is 2.20. The summed E-state index contributed by atoms with van der Waals surface area (Å²) < 4.78 is 0. The third-order valence-corrected chi connectivity index (χ3v) is 4.60. The summed E-state index contributed by atoms with van der Waals surface area (Å²) in [5.41, 5.74) is 11.8. The van der Waals surface area contributed by atoms with Gasteiger partial charge in [-0.15, -0.1) is 11.3 Å². The van der Waals surface area contributed by atoms with Crippen LogP contribution in [-0.4, -0.2) is 11.1 Å². The molecule has 1 aromatic carbocycles. The first-order valence-corrected chi connectivity index (χ1v) is 6.85. The predicted molar refractivity (Wildman–Crippen MR) is 80.1 cm³/mol. The summed E-state index contributed by atoms with van der Waals surface area (Å²) in [7, 11) is 0. The SMILES string of the molecule is Cc1cc(C)c(-c2sc(C(=O)O)c(N)c2C)c(C)c1. The number of aryl methyl sites for hydroxylation is 3.